The molecule has 0 spiro atoms. The highest BCUT2D eigenvalue weighted by molar-refractivity contribution is 7.27. The molecule has 0 N–H and O–H groups in total. The molecule has 0 radical (unpaired) electrons. The molecule has 104 valence electrons. The number of rotatable bonds is 2. The molecular weight excluding hydrogens is 290 g/mol. The lowest BCUT2D eigenvalue weighted by molar-refractivity contribution is 1.45. The third-order valence-corrected chi connectivity index (χ3v) is 4.46. The first-order chi connectivity index (χ1) is 10.1. The topological polar surface area (TPSA) is 0 Å². The van der Waals surface area contributed by atoms with Crippen LogP contribution in [0, 0.1) is 6.92 Å². The SMILES string of the molecule is Cc1cc(-c2ccc(P)cc2)ccc1-c1ccc(P)cc1. The molecule has 21 heavy (non-hydrogen) atoms. The van der Waals surface area contributed by atoms with Crippen LogP contribution in [0.1, 0.15) is 5.56 Å². The lowest BCUT2D eigenvalue weighted by Gasteiger charge is -2.10. The zero-order chi connectivity index (χ0) is 14.8. The number of hydrogen-bond donors (Lipinski definition) is 0. The van der Waals surface area contributed by atoms with Crippen LogP contribution in [-0.4, -0.2) is 0 Å². The van der Waals surface area contributed by atoms with Gasteiger partial charge in [0.2, 0.25) is 0 Å². The molecule has 3 aromatic carbocycles. The van der Waals surface area contributed by atoms with E-state index in [1.54, 1.807) is 0 Å². The second-order valence-electron chi connectivity index (χ2n) is 5.27. The van der Waals surface area contributed by atoms with Crippen LogP contribution in [0.25, 0.3) is 22.3 Å². The molecule has 0 aliphatic rings. The average Bonchev–Trinajstić information content (AvgIpc) is 2.49. The summed E-state index contributed by atoms with van der Waals surface area (Å²) in [6.07, 6.45) is 0. The van der Waals surface area contributed by atoms with Crippen LogP contribution in [0.2, 0.25) is 0 Å². The summed E-state index contributed by atoms with van der Waals surface area (Å²) in [7, 11) is 5.45. The highest BCUT2D eigenvalue weighted by atomic mass is 31.0. The van der Waals surface area contributed by atoms with Crippen LogP contribution in [-0.2, 0) is 0 Å². The minimum absolute atomic E-state index is 1.21. The minimum atomic E-state index is 1.21. The second-order valence-corrected chi connectivity index (χ2v) is 6.61. The second kappa shape index (κ2) is 6.10. The third-order valence-electron chi connectivity index (χ3n) is 3.69. The molecule has 0 heterocycles. The van der Waals surface area contributed by atoms with Crippen molar-refractivity contribution in [3.8, 4) is 22.3 Å². The first-order valence-electron chi connectivity index (χ1n) is 6.96. The van der Waals surface area contributed by atoms with Crippen LogP contribution >= 0.6 is 18.5 Å². The molecule has 2 unspecified atom stereocenters. The summed E-state index contributed by atoms with van der Waals surface area (Å²) in [5.74, 6) is 0. The highest BCUT2D eigenvalue weighted by Crippen LogP contribution is 2.28. The standard InChI is InChI=1S/C19H18P2/c1-13-12-16(14-2-7-17(20)8-3-14)6-11-19(13)15-4-9-18(21)10-5-15/h2-12H,20-21H2,1H3. The quantitative estimate of drug-likeness (QED) is 0.618. The van der Waals surface area contributed by atoms with Gasteiger partial charge in [-0.3, -0.25) is 0 Å². The van der Waals surface area contributed by atoms with Gasteiger partial charge in [-0.25, -0.2) is 0 Å². The molecule has 0 saturated heterocycles. The molecule has 0 bridgehead atoms. The molecule has 2 heteroatoms. The monoisotopic (exact) mass is 308 g/mol. The molecule has 0 aliphatic carbocycles. The number of aryl methyl sites for hydroxylation is 1. The highest BCUT2D eigenvalue weighted by Gasteiger charge is 2.04. The maximum atomic E-state index is 2.73. The zero-order valence-electron chi connectivity index (χ0n) is 12.0. The van der Waals surface area contributed by atoms with Crippen molar-refractivity contribution in [3.63, 3.8) is 0 Å². The van der Waals surface area contributed by atoms with E-state index < -0.39 is 0 Å². The Labute approximate surface area is 131 Å². The minimum Gasteiger partial charge on any atom is -0.106 e. The summed E-state index contributed by atoms with van der Waals surface area (Å²) in [6, 6.07) is 23.9. The Morgan fingerprint density at radius 2 is 1.05 bits per heavy atom. The van der Waals surface area contributed by atoms with E-state index in [9.17, 15) is 0 Å². The zero-order valence-corrected chi connectivity index (χ0v) is 14.3. The van der Waals surface area contributed by atoms with Gasteiger partial charge in [-0.1, -0.05) is 66.7 Å². The van der Waals surface area contributed by atoms with E-state index in [-0.39, 0.29) is 0 Å². The Balaban J connectivity index is 1.99. The fraction of sp³-hybridized carbons (Fsp3) is 0.0526. The van der Waals surface area contributed by atoms with Crippen molar-refractivity contribution in [2.24, 2.45) is 0 Å². The normalized spacial score (nSPS) is 10.6. The van der Waals surface area contributed by atoms with Crippen LogP contribution < -0.4 is 10.6 Å². The molecule has 0 saturated carbocycles. The summed E-state index contributed by atoms with van der Waals surface area (Å²) in [4.78, 5) is 0. The van der Waals surface area contributed by atoms with E-state index >= 15 is 0 Å². The Hall–Kier alpha value is -1.48. The summed E-state index contributed by atoms with van der Waals surface area (Å²) in [6.45, 7) is 2.18. The van der Waals surface area contributed by atoms with E-state index in [4.69, 9.17) is 0 Å². The molecule has 0 aromatic heterocycles. The maximum Gasteiger partial charge on any atom is -0.0154 e. The fourth-order valence-electron chi connectivity index (χ4n) is 2.51. The van der Waals surface area contributed by atoms with Gasteiger partial charge in [0, 0.05) is 0 Å². The van der Waals surface area contributed by atoms with Crippen molar-refractivity contribution in [2.45, 2.75) is 6.92 Å². The first-order valence-corrected chi connectivity index (χ1v) is 8.11. The van der Waals surface area contributed by atoms with Crippen LogP contribution in [0.4, 0.5) is 0 Å². The van der Waals surface area contributed by atoms with Gasteiger partial charge >= 0.3 is 0 Å². The van der Waals surface area contributed by atoms with Crippen LogP contribution in [0.3, 0.4) is 0 Å². The predicted octanol–water partition coefficient (Wildman–Crippen LogP) is 4.33. The van der Waals surface area contributed by atoms with E-state index in [1.165, 1.54) is 38.4 Å². The molecule has 0 amide bonds. The molecular formula is C19H18P2. The van der Waals surface area contributed by atoms with Crippen molar-refractivity contribution in [3.05, 3.63) is 72.3 Å². The Kier molecular flexibility index (Phi) is 4.20. The molecule has 0 aliphatic heterocycles. The van der Waals surface area contributed by atoms with Gasteiger partial charge in [0.1, 0.15) is 0 Å². The Morgan fingerprint density at radius 3 is 1.57 bits per heavy atom. The summed E-state index contributed by atoms with van der Waals surface area (Å²) in [5.41, 5.74) is 6.40. The Morgan fingerprint density at radius 1 is 0.571 bits per heavy atom. The third kappa shape index (κ3) is 3.24. The summed E-state index contributed by atoms with van der Waals surface area (Å²) < 4.78 is 0. The van der Waals surface area contributed by atoms with Crippen molar-refractivity contribution < 1.29 is 0 Å². The molecule has 2 atom stereocenters. The number of hydrogen-bond acceptors (Lipinski definition) is 0. The van der Waals surface area contributed by atoms with Gasteiger partial charge in [-0.15, -0.1) is 18.5 Å². The molecule has 0 nitrogen and oxygen atoms in total. The van der Waals surface area contributed by atoms with Gasteiger partial charge in [-0.05, 0) is 45.4 Å². The lowest BCUT2D eigenvalue weighted by Crippen LogP contribution is -1.91. The fourth-order valence-corrected chi connectivity index (χ4v) is 2.89. The van der Waals surface area contributed by atoms with Crippen molar-refractivity contribution in [1.82, 2.24) is 0 Å². The van der Waals surface area contributed by atoms with Gasteiger partial charge in [0.05, 0.1) is 0 Å². The summed E-state index contributed by atoms with van der Waals surface area (Å²) >= 11 is 0. The first kappa shape index (κ1) is 14.5. The van der Waals surface area contributed by atoms with Gasteiger partial charge in [-0.2, -0.15) is 0 Å². The van der Waals surface area contributed by atoms with Gasteiger partial charge < -0.3 is 0 Å². The van der Waals surface area contributed by atoms with Gasteiger partial charge in [0.25, 0.3) is 0 Å². The van der Waals surface area contributed by atoms with Gasteiger partial charge in [0.15, 0.2) is 0 Å². The smallest absolute Gasteiger partial charge is 0.0154 e. The van der Waals surface area contributed by atoms with Crippen LogP contribution in [0.15, 0.2) is 66.7 Å². The maximum absolute atomic E-state index is 2.73. The van der Waals surface area contributed by atoms with Crippen molar-refractivity contribution in [2.75, 3.05) is 0 Å². The largest absolute Gasteiger partial charge is 0.106 e. The Bertz CT molecular complexity index is 757. The molecule has 3 rings (SSSR count). The van der Waals surface area contributed by atoms with Crippen molar-refractivity contribution >= 4 is 29.1 Å². The van der Waals surface area contributed by atoms with E-state index in [2.05, 4.69) is 92.1 Å². The summed E-state index contributed by atoms with van der Waals surface area (Å²) in [5, 5.41) is 2.43. The lowest BCUT2D eigenvalue weighted by atomic mass is 9.96. The van der Waals surface area contributed by atoms with E-state index in [0.717, 1.165) is 0 Å². The molecule has 0 fully saturated rings. The number of benzene rings is 3. The average molecular weight is 308 g/mol. The van der Waals surface area contributed by atoms with E-state index in [0.29, 0.717) is 0 Å². The molecule has 3 aromatic rings. The van der Waals surface area contributed by atoms with Crippen LogP contribution in [0.5, 0.6) is 0 Å². The van der Waals surface area contributed by atoms with E-state index in [1.807, 2.05) is 0 Å². The predicted molar refractivity (Wildman–Crippen MR) is 101 cm³/mol. The van der Waals surface area contributed by atoms with Crippen molar-refractivity contribution in [1.29, 1.82) is 0 Å².